The maximum Gasteiger partial charge on any atom is 0.419 e. The minimum absolute atomic E-state index is 0.123. The van der Waals surface area contributed by atoms with E-state index in [-0.39, 0.29) is 5.69 Å². The van der Waals surface area contributed by atoms with E-state index in [0.717, 1.165) is 11.5 Å². The van der Waals surface area contributed by atoms with E-state index in [0.29, 0.717) is 23.1 Å². The molecular weight excluding hydrogens is 322 g/mol. The van der Waals surface area contributed by atoms with Gasteiger partial charge in [-0.05, 0) is 35.0 Å². The quantitative estimate of drug-likeness (QED) is 0.638. The van der Waals surface area contributed by atoms with E-state index in [9.17, 15) is 22.4 Å². The second-order valence-electron chi connectivity index (χ2n) is 5.17. The molecule has 3 aromatic rings. The predicted octanol–water partition coefficient (Wildman–Crippen LogP) is 5.25. The van der Waals surface area contributed by atoms with E-state index in [1.807, 2.05) is 18.2 Å². The number of fused-ring (bicyclic) bond motifs is 1. The Morgan fingerprint density at radius 1 is 0.917 bits per heavy atom. The van der Waals surface area contributed by atoms with E-state index < -0.39 is 23.5 Å². The van der Waals surface area contributed by atoms with Crippen LogP contribution in [0.2, 0.25) is 0 Å². The predicted molar refractivity (Wildman–Crippen MR) is 83.3 cm³/mol. The minimum atomic E-state index is -4.83. The van der Waals surface area contributed by atoms with Gasteiger partial charge in [-0.15, -0.1) is 0 Å². The van der Waals surface area contributed by atoms with Crippen LogP contribution in [0.15, 0.2) is 60.7 Å². The number of alkyl halides is 3. The number of rotatable bonds is 2. The Morgan fingerprint density at radius 2 is 1.62 bits per heavy atom. The molecule has 122 valence electrons. The fraction of sp³-hybridized carbons (Fsp3) is 0.0556. The highest BCUT2D eigenvalue weighted by molar-refractivity contribution is 6.12. The number of hydrogen-bond acceptors (Lipinski definition) is 1. The van der Waals surface area contributed by atoms with Gasteiger partial charge in [0, 0.05) is 11.3 Å². The van der Waals surface area contributed by atoms with Gasteiger partial charge in [-0.1, -0.05) is 36.4 Å². The average Bonchev–Trinajstić information content (AvgIpc) is 2.55. The van der Waals surface area contributed by atoms with Gasteiger partial charge in [0.1, 0.15) is 5.82 Å². The molecule has 1 N–H and O–H groups in total. The summed E-state index contributed by atoms with van der Waals surface area (Å²) in [5, 5.41) is 3.89. The SMILES string of the molecule is O=C(Nc1ccc(F)c(C(F)(F)F)c1)c1cccc2ccccc12. The maximum atomic E-state index is 13.3. The number of nitrogens with one attached hydrogen (secondary N) is 1. The number of hydrogen-bond donors (Lipinski definition) is 1. The first-order valence-corrected chi connectivity index (χ1v) is 7.02. The summed E-state index contributed by atoms with van der Waals surface area (Å²) in [6.07, 6.45) is -4.83. The number of halogens is 4. The molecule has 0 aliphatic rings. The summed E-state index contributed by atoms with van der Waals surface area (Å²) < 4.78 is 51.5. The lowest BCUT2D eigenvalue weighted by atomic mass is 10.0. The highest BCUT2D eigenvalue weighted by Crippen LogP contribution is 2.33. The van der Waals surface area contributed by atoms with Crippen molar-refractivity contribution >= 4 is 22.4 Å². The summed E-state index contributed by atoms with van der Waals surface area (Å²) in [5.74, 6) is -1.95. The molecule has 0 aliphatic carbocycles. The minimum Gasteiger partial charge on any atom is -0.322 e. The van der Waals surface area contributed by atoms with Crippen molar-refractivity contribution in [3.8, 4) is 0 Å². The van der Waals surface area contributed by atoms with Crippen molar-refractivity contribution in [1.29, 1.82) is 0 Å². The third-order valence-corrected chi connectivity index (χ3v) is 3.56. The molecule has 0 saturated heterocycles. The first-order chi connectivity index (χ1) is 11.4. The molecule has 3 rings (SSSR count). The number of anilines is 1. The Bertz CT molecular complexity index is 913. The molecule has 0 saturated carbocycles. The zero-order valence-electron chi connectivity index (χ0n) is 12.2. The molecule has 24 heavy (non-hydrogen) atoms. The molecule has 0 atom stereocenters. The molecule has 0 unspecified atom stereocenters. The molecule has 0 fully saturated rings. The van der Waals surface area contributed by atoms with Gasteiger partial charge in [0.25, 0.3) is 5.91 Å². The summed E-state index contributed by atoms with van der Waals surface area (Å²) in [4.78, 5) is 12.4. The fourth-order valence-electron chi connectivity index (χ4n) is 2.44. The van der Waals surface area contributed by atoms with Gasteiger partial charge in [0.05, 0.1) is 5.56 Å². The molecule has 0 spiro atoms. The summed E-state index contributed by atoms with van der Waals surface area (Å²) in [6, 6.07) is 14.6. The Kier molecular flexibility index (Phi) is 3.97. The van der Waals surface area contributed by atoms with E-state index in [4.69, 9.17) is 0 Å². The first kappa shape index (κ1) is 16.0. The van der Waals surface area contributed by atoms with Crippen LogP contribution in [0, 0.1) is 5.82 Å². The van der Waals surface area contributed by atoms with Crippen molar-refractivity contribution < 1.29 is 22.4 Å². The van der Waals surface area contributed by atoms with Gasteiger partial charge in [0.2, 0.25) is 0 Å². The molecule has 0 heterocycles. The summed E-state index contributed by atoms with van der Waals surface area (Å²) >= 11 is 0. The average molecular weight is 333 g/mol. The van der Waals surface area contributed by atoms with Crippen LogP contribution in [0.3, 0.4) is 0 Å². The molecule has 3 aromatic carbocycles. The normalized spacial score (nSPS) is 11.5. The second kappa shape index (κ2) is 5.96. The summed E-state index contributed by atoms with van der Waals surface area (Å²) in [6.45, 7) is 0. The van der Waals surface area contributed by atoms with Crippen LogP contribution in [0.4, 0.5) is 23.2 Å². The molecule has 0 bridgehead atoms. The zero-order valence-corrected chi connectivity index (χ0v) is 12.2. The van der Waals surface area contributed by atoms with Gasteiger partial charge in [-0.25, -0.2) is 4.39 Å². The van der Waals surface area contributed by atoms with Gasteiger partial charge in [-0.2, -0.15) is 13.2 Å². The molecule has 0 aliphatic heterocycles. The Balaban J connectivity index is 1.95. The topological polar surface area (TPSA) is 29.1 Å². The Hall–Kier alpha value is -2.89. The van der Waals surface area contributed by atoms with Gasteiger partial charge < -0.3 is 5.32 Å². The lowest BCUT2D eigenvalue weighted by molar-refractivity contribution is -0.139. The highest BCUT2D eigenvalue weighted by Gasteiger charge is 2.34. The summed E-state index contributed by atoms with van der Waals surface area (Å²) in [5.41, 5.74) is -1.22. The fourth-order valence-corrected chi connectivity index (χ4v) is 2.44. The van der Waals surface area contributed by atoms with E-state index >= 15 is 0 Å². The van der Waals surface area contributed by atoms with Crippen molar-refractivity contribution in [1.82, 2.24) is 0 Å². The van der Waals surface area contributed by atoms with Crippen molar-refractivity contribution in [2.45, 2.75) is 6.18 Å². The van der Waals surface area contributed by atoms with Crippen LogP contribution in [0.5, 0.6) is 0 Å². The molecular formula is C18H11F4NO. The van der Waals surface area contributed by atoms with Crippen LogP contribution < -0.4 is 5.32 Å². The number of carbonyl (C=O) groups is 1. The lowest BCUT2D eigenvalue weighted by Crippen LogP contribution is -2.14. The van der Waals surface area contributed by atoms with Crippen LogP contribution in [0.25, 0.3) is 10.8 Å². The van der Waals surface area contributed by atoms with Crippen molar-refractivity contribution in [3.05, 3.63) is 77.6 Å². The highest BCUT2D eigenvalue weighted by atomic mass is 19.4. The summed E-state index contributed by atoms with van der Waals surface area (Å²) in [7, 11) is 0. The third-order valence-electron chi connectivity index (χ3n) is 3.56. The molecule has 0 aromatic heterocycles. The van der Waals surface area contributed by atoms with E-state index in [1.54, 1.807) is 24.3 Å². The Morgan fingerprint density at radius 3 is 2.38 bits per heavy atom. The van der Waals surface area contributed by atoms with Crippen molar-refractivity contribution in [2.24, 2.45) is 0 Å². The number of benzene rings is 3. The third kappa shape index (κ3) is 3.08. The molecule has 1 amide bonds. The van der Waals surface area contributed by atoms with Crippen LogP contribution in [-0.4, -0.2) is 5.91 Å². The Labute approximate surface area is 134 Å². The number of carbonyl (C=O) groups excluding carboxylic acids is 1. The zero-order chi connectivity index (χ0) is 17.3. The monoisotopic (exact) mass is 333 g/mol. The number of amides is 1. The largest absolute Gasteiger partial charge is 0.419 e. The lowest BCUT2D eigenvalue weighted by Gasteiger charge is -2.12. The van der Waals surface area contributed by atoms with Gasteiger partial charge in [0.15, 0.2) is 0 Å². The van der Waals surface area contributed by atoms with Crippen LogP contribution >= 0.6 is 0 Å². The molecule has 6 heteroatoms. The van der Waals surface area contributed by atoms with E-state index in [2.05, 4.69) is 5.32 Å². The smallest absolute Gasteiger partial charge is 0.322 e. The van der Waals surface area contributed by atoms with Crippen molar-refractivity contribution in [2.75, 3.05) is 5.32 Å². The molecule has 0 radical (unpaired) electrons. The standard InChI is InChI=1S/C18H11F4NO/c19-16-9-8-12(10-15(16)18(20,21)22)23-17(24)14-7-3-5-11-4-1-2-6-13(11)14/h1-10H,(H,23,24). The van der Waals surface area contributed by atoms with E-state index in [1.165, 1.54) is 0 Å². The maximum absolute atomic E-state index is 13.3. The molecule has 2 nitrogen and oxygen atoms in total. The van der Waals surface area contributed by atoms with Crippen LogP contribution in [0.1, 0.15) is 15.9 Å². The van der Waals surface area contributed by atoms with Crippen LogP contribution in [-0.2, 0) is 6.18 Å². The van der Waals surface area contributed by atoms with Gasteiger partial charge in [-0.3, -0.25) is 4.79 Å². The van der Waals surface area contributed by atoms with Gasteiger partial charge >= 0.3 is 6.18 Å². The second-order valence-corrected chi connectivity index (χ2v) is 5.17. The first-order valence-electron chi connectivity index (χ1n) is 7.02. The van der Waals surface area contributed by atoms with Crippen molar-refractivity contribution in [3.63, 3.8) is 0 Å².